The van der Waals surface area contributed by atoms with Gasteiger partial charge >= 0.3 is 0 Å². The maximum absolute atomic E-state index is 6.20. The standard InChI is InChI=1S/C15H25N3/c1-4-12-10-14(11-13(5-2)15(12)16)18-8-6-17(3)7-9-18/h10-11H,4-9,16H2,1-3H3. The highest BCUT2D eigenvalue weighted by Crippen LogP contribution is 2.27. The molecule has 3 heteroatoms. The topological polar surface area (TPSA) is 32.5 Å². The number of rotatable bonds is 3. The van der Waals surface area contributed by atoms with Gasteiger partial charge in [-0.3, -0.25) is 0 Å². The van der Waals surface area contributed by atoms with E-state index in [0.29, 0.717) is 0 Å². The van der Waals surface area contributed by atoms with E-state index >= 15 is 0 Å². The van der Waals surface area contributed by atoms with Gasteiger partial charge in [0.1, 0.15) is 0 Å². The third-order valence-electron chi connectivity index (χ3n) is 3.97. The Morgan fingerprint density at radius 1 is 1.00 bits per heavy atom. The molecule has 0 spiro atoms. The fourth-order valence-corrected chi connectivity index (χ4v) is 2.59. The van der Waals surface area contributed by atoms with Crippen LogP contribution in [0.1, 0.15) is 25.0 Å². The number of hydrogen-bond acceptors (Lipinski definition) is 3. The van der Waals surface area contributed by atoms with Crippen molar-refractivity contribution in [3.05, 3.63) is 23.3 Å². The molecule has 0 bridgehead atoms. The molecule has 2 N–H and O–H groups in total. The van der Waals surface area contributed by atoms with Crippen LogP contribution in [-0.2, 0) is 12.8 Å². The second-order valence-corrected chi connectivity index (χ2v) is 5.18. The summed E-state index contributed by atoms with van der Waals surface area (Å²) < 4.78 is 0. The zero-order valence-corrected chi connectivity index (χ0v) is 11.9. The summed E-state index contributed by atoms with van der Waals surface area (Å²) in [5, 5.41) is 0. The van der Waals surface area contributed by atoms with E-state index < -0.39 is 0 Å². The number of nitrogen functional groups attached to an aromatic ring is 1. The second-order valence-electron chi connectivity index (χ2n) is 5.18. The minimum absolute atomic E-state index is 0.998. The molecular formula is C15H25N3. The summed E-state index contributed by atoms with van der Waals surface area (Å²) in [7, 11) is 2.19. The van der Waals surface area contributed by atoms with E-state index in [2.05, 4.69) is 42.8 Å². The van der Waals surface area contributed by atoms with Gasteiger partial charge in [0.15, 0.2) is 0 Å². The van der Waals surface area contributed by atoms with E-state index in [1.807, 2.05) is 0 Å². The van der Waals surface area contributed by atoms with Crippen LogP contribution in [0.3, 0.4) is 0 Å². The molecule has 0 unspecified atom stereocenters. The second kappa shape index (κ2) is 5.61. The summed E-state index contributed by atoms with van der Waals surface area (Å²) in [5.74, 6) is 0. The monoisotopic (exact) mass is 247 g/mol. The Balaban J connectivity index is 2.27. The summed E-state index contributed by atoms with van der Waals surface area (Å²) in [5.41, 5.74) is 11.1. The highest BCUT2D eigenvalue weighted by Gasteiger charge is 2.16. The highest BCUT2D eigenvalue weighted by molar-refractivity contribution is 5.63. The van der Waals surface area contributed by atoms with Crippen LogP contribution in [0.5, 0.6) is 0 Å². The number of aryl methyl sites for hydroxylation is 2. The third-order valence-corrected chi connectivity index (χ3v) is 3.97. The Morgan fingerprint density at radius 3 is 1.94 bits per heavy atom. The van der Waals surface area contributed by atoms with Gasteiger partial charge in [0.2, 0.25) is 0 Å². The van der Waals surface area contributed by atoms with Crippen molar-refractivity contribution in [3.8, 4) is 0 Å². The molecule has 18 heavy (non-hydrogen) atoms. The van der Waals surface area contributed by atoms with E-state index in [1.165, 1.54) is 16.8 Å². The van der Waals surface area contributed by atoms with Gasteiger partial charge in [-0.25, -0.2) is 0 Å². The highest BCUT2D eigenvalue weighted by atomic mass is 15.2. The zero-order valence-electron chi connectivity index (χ0n) is 11.9. The molecule has 1 aromatic rings. The molecule has 0 aliphatic carbocycles. The zero-order chi connectivity index (χ0) is 13.1. The minimum atomic E-state index is 0.998. The summed E-state index contributed by atoms with van der Waals surface area (Å²) in [6.45, 7) is 8.89. The van der Waals surface area contributed by atoms with Crippen LogP contribution >= 0.6 is 0 Å². The first-order valence-electron chi connectivity index (χ1n) is 7.00. The lowest BCUT2D eigenvalue weighted by atomic mass is 10.0. The van der Waals surface area contributed by atoms with E-state index in [-0.39, 0.29) is 0 Å². The summed E-state index contributed by atoms with van der Waals surface area (Å²) in [6, 6.07) is 4.56. The molecule has 1 aliphatic rings. The van der Waals surface area contributed by atoms with Gasteiger partial charge in [0, 0.05) is 37.6 Å². The summed E-state index contributed by atoms with van der Waals surface area (Å²) in [4.78, 5) is 4.87. The van der Waals surface area contributed by atoms with E-state index in [0.717, 1.165) is 44.7 Å². The van der Waals surface area contributed by atoms with Crippen molar-refractivity contribution >= 4 is 11.4 Å². The average Bonchev–Trinajstić information content (AvgIpc) is 2.40. The molecule has 3 nitrogen and oxygen atoms in total. The van der Waals surface area contributed by atoms with Crippen molar-refractivity contribution < 1.29 is 0 Å². The minimum Gasteiger partial charge on any atom is -0.398 e. The molecule has 0 radical (unpaired) electrons. The largest absolute Gasteiger partial charge is 0.398 e. The number of likely N-dealkylation sites (N-methyl/N-ethyl adjacent to an activating group) is 1. The van der Waals surface area contributed by atoms with Gasteiger partial charge in [-0.15, -0.1) is 0 Å². The number of hydrogen-bond donors (Lipinski definition) is 1. The van der Waals surface area contributed by atoms with E-state index in [4.69, 9.17) is 5.73 Å². The first-order valence-corrected chi connectivity index (χ1v) is 7.00. The predicted molar refractivity (Wildman–Crippen MR) is 79.3 cm³/mol. The van der Waals surface area contributed by atoms with Crippen LogP contribution in [0.25, 0.3) is 0 Å². The number of nitrogens with zero attached hydrogens (tertiary/aromatic N) is 2. The Kier molecular flexibility index (Phi) is 4.12. The molecule has 1 aliphatic heterocycles. The Hall–Kier alpha value is -1.22. The van der Waals surface area contributed by atoms with Crippen LogP contribution in [0, 0.1) is 0 Å². The molecule has 0 aromatic heterocycles. The Labute approximate surface area is 111 Å². The van der Waals surface area contributed by atoms with Crippen molar-refractivity contribution in [3.63, 3.8) is 0 Å². The SMILES string of the molecule is CCc1cc(N2CCN(C)CC2)cc(CC)c1N. The van der Waals surface area contributed by atoms with Crippen molar-refractivity contribution in [1.82, 2.24) is 4.90 Å². The molecule has 0 saturated carbocycles. The third kappa shape index (κ3) is 2.61. The fraction of sp³-hybridized carbons (Fsp3) is 0.600. The van der Waals surface area contributed by atoms with Gasteiger partial charge in [0.05, 0.1) is 0 Å². The van der Waals surface area contributed by atoms with Gasteiger partial charge in [-0.2, -0.15) is 0 Å². The summed E-state index contributed by atoms with van der Waals surface area (Å²) in [6.07, 6.45) is 2.03. The van der Waals surface area contributed by atoms with E-state index in [1.54, 1.807) is 0 Å². The molecule has 1 saturated heterocycles. The Bertz CT molecular complexity index is 381. The predicted octanol–water partition coefficient (Wildman–Crippen LogP) is 2.15. The lowest BCUT2D eigenvalue weighted by molar-refractivity contribution is 0.313. The maximum atomic E-state index is 6.20. The molecular weight excluding hydrogens is 222 g/mol. The number of anilines is 2. The van der Waals surface area contributed by atoms with Gasteiger partial charge in [-0.05, 0) is 43.1 Å². The van der Waals surface area contributed by atoms with Gasteiger partial charge in [0.25, 0.3) is 0 Å². The van der Waals surface area contributed by atoms with Gasteiger partial charge < -0.3 is 15.5 Å². The molecule has 1 heterocycles. The van der Waals surface area contributed by atoms with E-state index in [9.17, 15) is 0 Å². The molecule has 1 aromatic carbocycles. The lowest BCUT2D eigenvalue weighted by Gasteiger charge is -2.34. The molecule has 0 amide bonds. The molecule has 0 atom stereocenters. The normalized spacial score (nSPS) is 17.2. The quantitative estimate of drug-likeness (QED) is 0.831. The first-order chi connectivity index (χ1) is 8.65. The number of piperazine rings is 1. The van der Waals surface area contributed by atoms with Gasteiger partial charge in [-0.1, -0.05) is 13.8 Å². The Morgan fingerprint density at radius 2 is 1.50 bits per heavy atom. The van der Waals surface area contributed by atoms with Crippen LogP contribution < -0.4 is 10.6 Å². The fourth-order valence-electron chi connectivity index (χ4n) is 2.59. The molecule has 100 valence electrons. The van der Waals surface area contributed by atoms with Crippen molar-refractivity contribution in [2.45, 2.75) is 26.7 Å². The maximum Gasteiger partial charge on any atom is 0.0380 e. The van der Waals surface area contributed by atoms with Crippen LogP contribution in [0.15, 0.2) is 12.1 Å². The van der Waals surface area contributed by atoms with Crippen LogP contribution in [0.4, 0.5) is 11.4 Å². The molecule has 1 fully saturated rings. The van der Waals surface area contributed by atoms with Crippen LogP contribution in [-0.4, -0.2) is 38.1 Å². The first kappa shape index (κ1) is 13.2. The number of benzene rings is 1. The number of nitrogens with two attached hydrogens (primary N) is 1. The van der Waals surface area contributed by atoms with Crippen LogP contribution in [0.2, 0.25) is 0 Å². The van der Waals surface area contributed by atoms with Crippen molar-refractivity contribution in [2.75, 3.05) is 43.9 Å². The summed E-state index contributed by atoms with van der Waals surface area (Å²) >= 11 is 0. The average molecular weight is 247 g/mol. The van der Waals surface area contributed by atoms with Crippen molar-refractivity contribution in [2.24, 2.45) is 0 Å². The molecule has 2 rings (SSSR count). The smallest absolute Gasteiger partial charge is 0.0380 e. The lowest BCUT2D eigenvalue weighted by Crippen LogP contribution is -2.44. The van der Waals surface area contributed by atoms with Crippen molar-refractivity contribution in [1.29, 1.82) is 0 Å².